The molecule has 25 heavy (non-hydrogen) atoms. The Hall–Kier alpha value is -2.76. The van der Waals surface area contributed by atoms with Gasteiger partial charge in [-0.1, -0.05) is 12.1 Å². The fourth-order valence-electron chi connectivity index (χ4n) is 2.35. The van der Waals surface area contributed by atoms with E-state index >= 15 is 0 Å². The number of carbonyl (C=O) groups excluding carboxylic acids is 2. The minimum atomic E-state index is -0.341. The Balaban J connectivity index is 2.04. The third kappa shape index (κ3) is 6.33. The summed E-state index contributed by atoms with van der Waals surface area (Å²) in [7, 11) is 0. The van der Waals surface area contributed by atoms with Crippen LogP contribution in [-0.4, -0.2) is 34.9 Å². The minimum absolute atomic E-state index is 0.132. The number of nitrogens with zero attached hydrogens (tertiary/aromatic N) is 2. The first-order valence-corrected chi connectivity index (χ1v) is 8.15. The van der Waals surface area contributed by atoms with Crippen LogP contribution in [0.25, 0.3) is 0 Å². The molecule has 1 amide bonds. The topological polar surface area (TPSA) is 59.5 Å². The molecule has 0 bridgehead atoms. The van der Waals surface area contributed by atoms with Gasteiger partial charge in [-0.2, -0.15) is 0 Å². The molecule has 0 N–H and O–H groups in total. The van der Waals surface area contributed by atoms with Crippen molar-refractivity contribution in [1.29, 1.82) is 0 Å². The molecule has 132 valence electrons. The summed E-state index contributed by atoms with van der Waals surface area (Å²) in [6, 6.07) is 9.47. The van der Waals surface area contributed by atoms with Gasteiger partial charge >= 0.3 is 5.97 Å². The van der Waals surface area contributed by atoms with E-state index in [2.05, 4.69) is 4.98 Å². The Morgan fingerprint density at radius 3 is 2.40 bits per heavy atom. The first-order chi connectivity index (χ1) is 12.1. The smallest absolute Gasteiger partial charge is 0.307 e. The van der Waals surface area contributed by atoms with Crippen LogP contribution < -0.4 is 0 Å². The number of amides is 1. The number of aromatic nitrogens is 1. The molecule has 0 unspecified atom stereocenters. The van der Waals surface area contributed by atoms with E-state index < -0.39 is 0 Å². The van der Waals surface area contributed by atoms with Crippen molar-refractivity contribution in [3.05, 3.63) is 65.7 Å². The maximum atomic E-state index is 13.0. The second-order valence-electron chi connectivity index (χ2n) is 5.53. The zero-order chi connectivity index (χ0) is 18.1. The van der Waals surface area contributed by atoms with Gasteiger partial charge in [-0.15, -0.1) is 0 Å². The summed E-state index contributed by atoms with van der Waals surface area (Å²) in [5.74, 6) is -0.809. The molecule has 1 aromatic carbocycles. The third-order valence-corrected chi connectivity index (χ3v) is 3.64. The number of ether oxygens (including phenoxy) is 1. The number of benzene rings is 1. The Labute approximate surface area is 146 Å². The zero-order valence-corrected chi connectivity index (χ0v) is 14.2. The lowest BCUT2D eigenvalue weighted by Gasteiger charge is -2.22. The number of hydrogen-bond acceptors (Lipinski definition) is 4. The van der Waals surface area contributed by atoms with Gasteiger partial charge in [0.15, 0.2) is 0 Å². The lowest BCUT2D eigenvalue weighted by Crippen LogP contribution is -2.34. The maximum Gasteiger partial charge on any atom is 0.307 e. The van der Waals surface area contributed by atoms with Crippen LogP contribution in [0.1, 0.15) is 24.5 Å². The molecule has 0 atom stereocenters. The molecule has 1 heterocycles. The molecule has 2 rings (SSSR count). The Morgan fingerprint density at radius 1 is 1.08 bits per heavy atom. The van der Waals surface area contributed by atoms with Crippen molar-refractivity contribution in [2.24, 2.45) is 0 Å². The molecule has 0 spiro atoms. The van der Waals surface area contributed by atoms with Crippen molar-refractivity contribution in [2.45, 2.75) is 26.3 Å². The highest BCUT2D eigenvalue weighted by Crippen LogP contribution is 2.10. The molecule has 0 radical (unpaired) electrons. The standard InChI is InChI=1S/C19H21FN2O3/c1-2-25-19(24)9-12-22(14-16-7-10-21-11-8-16)18(23)13-15-3-5-17(20)6-4-15/h3-8,10-11H,2,9,12-14H2,1H3. The van der Waals surface area contributed by atoms with Crippen LogP contribution in [0.2, 0.25) is 0 Å². The van der Waals surface area contributed by atoms with Crippen LogP contribution in [0.4, 0.5) is 4.39 Å². The highest BCUT2D eigenvalue weighted by Gasteiger charge is 2.16. The second kappa shape index (κ2) is 9.52. The van der Waals surface area contributed by atoms with Gasteiger partial charge in [0.25, 0.3) is 0 Å². The van der Waals surface area contributed by atoms with E-state index in [-0.39, 0.29) is 37.1 Å². The van der Waals surface area contributed by atoms with Crippen molar-refractivity contribution in [3.63, 3.8) is 0 Å². The molecule has 0 aliphatic carbocycles. The van der Waals surface area contributed by atoms with E-state index in [0.717, 1.165) is 11.1 Å². The normalized spacial score (nSPS) is 10.3. The van der Waals surface area contributed by atoms with E-state index in [1.54, 1.807) is 36.4 Å². The maximum absolute atomic E-state index is 13.0. The first kappa shape index (κ1) is 18.6. The van der Waals surface area contributed by atoms with E-state index in [9.17, 15) is 14.0 Å². The van der Waals surface area contributed by atoms with E-state index in [1.165, 1.54) is 12.1 Å². The summed E-state index contributed by atoms with van der Waals surface area (Å²) >= 11 is 0. The molecule has 0 saturated heterocycles. The summed E-state index contributed by atoms with van der Waals surface area (Å²) in [5.41, 5.74) is 1.65. The van der Waals surface area contributed by atoms with Gasteiger partial charge in [-0.3, -0.25) is 14.6 Å². The van der Waals surface area contributed by atoms with Crippen LogP contribution in [-0.2, 0) is 27.3 Å². The van der Waals surface area contributed by atoms with Gasteiger partial charge in [-0.25, -0.2) is 4.39 Å². The second-order valence-corrected chi connectivity index (χ2v) is 5.53. The lowest BCUT2D eigenvalue weighted by atomic mass is 10.1. The molecule has 6 heteroatoms. The molecular formula is C19H21FN2O3. The van der Waals surface area contributed by atoms with Crippen molar-refractivity contribution in [1.82, 2.24) is 9.88 Å². The van der Waals surface area contributed by atoms with Crippen molar-refractivity contribution in [2.75, 3.05) is 13.2 Å². The Kier molecular flexibility index (Phi) is 7.07. The molecule has 1 aromatic heterocycles. The lowest BCUT2D eigenvalue weighted by molar-refractivity contribution is -0.144. The SMILES string of the molecule is CCOC(=O)CCN(Cc1ccncc1)C(=O)Cc1ccc(F)cc1. The largest absolute Gasteiger partial charge is 0.466 e. The van der Waals surface area contributed by atoms with E-state index in [4.69, 9.17) is 4.74 Å². The highest BCUT2D eigenvalue weighted by molar-refractivity contribution is 5.79. The summed E-state index contributed by atoms with van der Waals surface area (Å²) in [6.07, 6.45) is 3.59. The Bertz CT molecular complexity index is 690. The van der Waals surface area contributed by atoms with Crippen molar-refractivity contribution < 1.29 is 18.7 Å². The average Bonchev–Trinajstić information content (AvgIpc) is 2.61. The number of carbonyl (C=O) groups is 2. The minimum Gasteiger partial charge on any atom is -0.466 e. The van der Waals surface area contributed by atoms with Crippen LogP contribution in [0.5, 0.6) is 0 Å². The summed E-state index contributed by atoms with van der Waals surface area (Å²) in [4.78, 5) is 29.8. The molecule has 0 aliphatic heterocycles. The number of hydrogen-bond donors (Lipinski definition) is 0. The van der Waals surface area contributed by atoms with E-state index in [1.807, 2.05) is 12.1 Å². The number of esters is 1. The van der Waals surface area contributed by atoms with Crippen molar-refractivity contribution in [3.8, 4) is 0 Å². The molecule has 0 saturated carbocycles. The summed E-state index contributed by atoms with van der Waals surface area (Å²) < 4.78 is 17.9. The monoisotopic (exact) mass is 344 g/mol. The fourth-order valence-corrected chi connectivity index (χ4v) is 2.35. The fraction of sp³-hybridized carbons (Fsp3) is 0.316. The summed E-state index contributed by atoms with van der Waals surface area (Å²) in [6.45, 7) is 2.70. The molecule has 5 nitrogen and oxygen atoms in total. The molecular weight excluding hydrogens is 323 g/mol. The predicted octanol–water partition coefficient (Wildman–Crippen LogP) is 2.75. The number of halogens is 1. The Morgan fingerprint density at radius 2 is 1.76 bits per heavy atom. The molecule has 0 aliphatic rings. The highest BCUT2D eigenvalue weighted by atomic mass is 19.1. The molecule has 2 aromatic rings. The zero-order valence-electron chi connectivity index (χ0n) is 14.2. The van der Waals surface area contributed by atoms with Gasteiger partial charge in [-0.05, 0) is 42.3 Å². The van der Waals surface area contributed by atoms with Gasteiger partial charge in [0.05, 0.1) is 19.4 Å². The van der Waals surface area contributed by atoms with Gasteiger partial charge in [0.2, 0.25) is 5.91 Å². The number of rotatable bonds is 8. The van der Waals surface area contributed by atoms with Crippen LogP contribution >= 0.6 is 0 Å². The van der Waals surface area contributed by atoms with Gasteiger partial charge in [0.1, 0.15) is 5.82 Å². The van der Waals surface area contributed by atoms with Crippen LogP contribution in [0, 0.1) is 5.82 Å². The number of pyridine rings is 1. The third-order valence-electron chi connectivity index (χ3n) is 3.64. The summed E-state index contributed by atoms with van der Waals surface area (Å²) in [5, 5.41) is 0. The molecule has 0 fully saturated rings. The first-order valence-electron chi connectivity index (χ1n) is 8.15. The van der Waals surface area contributed by atoms with E-state index in [0.29, 0.717) is 13.2 Å². The average molecular weight is 344 g/mol. The van der Waals surface area contributed by atoms with Crippen LogP contribution in [0.15, 0.2) is 48.8 Å². The quantitative estimate of drug-likeness (QED) is 0.691. The van der Waals surface area contributed by atoms with Gasteiger partial charge < -0.3 is 9.64 Å². The van der Waals surface area contributed by atoms with Gasteiger partial charge in [0, 0.05) is 25.5 Å². The van der Waals surface area contributed by atoms with Crippen LogP contribution in [0.3, 0.4) is 0 Å². The predicted molar refractivity (Wildman–Crippen MR) is 91.0 cm³/mol. The van der Waals surface area contributed by atoms with Crippen molar-refractivity contribution >= 4 is 11.9 Å².